The second kappa shape index (κ2) is 4.84. The number of carbonyl (C=O) groups excluding carboxylic acids is 1. The van der Waals surface area contributed by atoms with E-state index in [4.69, 9.17) is 0 Å². The van der Waals surface area contributed by atoms with E-state index in [-0.39, 0.29) is 0 Å². The molecule has 0 bridgehead atoms. The molecule has 2 unspecified atom stereocenters. The number of piperidine rings is 2. The minimum atomic E-state index is 0.308. The van der Waals surface area contributed by atoms with Gasteiger partial charge in [0, 0.05) is 38.8 Å². The fraction of sp³-hybridized carbons (Fsp3) is 0.923. The molecule has 3 aliphatic rings. The van der Waals surface area contributed by atoms with Crippen molar-refractivity contribution in [1.29, 1.82) is 0 Å². The van der Waals surface area contributed by atoms with Crippen LogP contribution in [0.4, 0.5) is 4.79 Å². The van der Waals surface area contributed by atoms with Crippen molar-refractivity contribution in [3.05, 3.63) is 0 Å². The lowest BCUT2D eigenvalue weighted by Crippen LogP contribution is -2.54. The standard InChI is InChI=1S/C13H23N3O/c17-13(15-6-2-1-3-7-15)16-8-4-5-11-9-14-10-12(11)16/h11-12,14H,1-10H2. The number of nitrogens with one attached hydrogen (secondary N) is 1. The summed E-state index contributed by atoms with van der Waals surface area (Å²) in [7, 11) is 0. The minimum Gasteiger partial charge on any atom is -0.325 e. The van der Waals surface area contributed by atoms with Gasteiger partial charge in [0.1, 0.15) is 0 Å². The fourth-order valence-corrected chi connectivity index (χ4v) is 3.57. The Bertz CT molecular complexity index is 288. The molecular weight excluding hydrogens is 214 g/mol. The van der Waals surface area contributed by atoms with Crippen LogP contribution in [-0.4, -0.2) is 54.6 Å². The molecule has 3 rings (SSSR count). The van der Waals surface area contributed by atoms with Crippen LogP contribution in [0, 0.1) is 5.92 Å². The van der Waals surface area contributed by atoms with Crippen LogP contribution in [0.25, 0.3) is 0 Å². The molecule has 2 atom stereocenters. The lowest BCUT2D eigenvalue weighted by Gasteiger charge is -2.41. The van der Waals surface area contributed by atoms with Crippen LogP contribution in [-0.2, 0) is 0 Å². The molecule has 0 aromatic rings. The van der Waals surface area contributed by atoms with Gasteiger partial charge in [0.05, 0.1) is 0 Å². The van der Waals surface area contributed by atoms with Gasteiger partial charge in [-0.25, -0.2) is 4.79 Å². The number of carbonyl (C=O) groups is 1. The first-order chi connectivity index (χ1) is 8.36. The van der Waals surface area contributed by atoms with Crippen molar-refractivity contribution < 1.29 is 4.79 Å². The van der Waals surface area contributed by atoms with E-state index in [1.165, 1.54) is 32.1 Å². The second-order valence-corrected chi connectivity index (χ2v) is 5.65. The molecule has 0 saturated carbocycles. The van der Waals surface area contributed by atoms with E-state index >= 15 is 0 Å². The zero-order chi connectivity index (χ0) is 11.7. The molecule has 0 aromatic heterocycles. The van der Waals surface area contributed by atoms with Crippen molar-refractivity contribution in [3.63, 3.8) is 0 Å². The molecular formula is C13H23N3O. The topological polar surface area (TPSA) is 35.6 Å². The second-order valence-electron chi connectivity index (χ2n) is 5.65. The van der Waals surface area contributed by atoms with Gasteiger partial charge in [-0.2, -0.15) is 0 Å². The number of amides is 2. The summed E-state index contributed by atoms with van der Waals surface area (Å²) < 4.78 is 0. The van der Waals surface area contributed by atoms with Crippen LogP contribution in [0.3, 0.4) is 0 Å². The molecule has 3 heterocycles. The average molecular weight is 237 g/mol. The maximum Gasteiger partial charge on any atom is 0.320 e. The lowest BCUT2D eigenvalue weighted by atomic mass is 9.92. The van der Waals surface area contributed by atoms with Gasteiger partial charge in [-0.3, -0.25) is 0 Å². The molecule has 2 amide bonds. The molecule has 3 aliphatic heterocycles. The minimum absolute atomic E-state index is 0.308. The first-order valence-corrected chi connectivity index (χ1v) is 7.12. The van der Waals surface area contributed by atoms with Crippen LogP contribution in [0.15, 0.2) is 0 Å². The highest BCUT2D eigenvalue weighted by atomic mass is 16.2. The third-order valence-corrected chi connectivity index (χ3v) is 4.55. The third kappa shape index (κ3) is 2.15. The summed E-state index contributed by atoms with van der Waals surface area (Å²) in [5.41, 5.74) is 0. The number of rotatable bonds is 0. The summed E-state index contributed by atoms with van der Waals surface area (Å²) in [6, 6.07) is 0.779. The Morgan fingerprint density at radius 3 is 2.65 bits per heavy atom. The maximum atomic E-state index is 12.5. The number of hydrogen-bond acceptors (Lipinski definition) is 2. The predicted octanol–water partition coefficient (Wildman–Crippen LogP) is 1.28. The molecule has 4 nitrogen and oxygen atoms in total. The van der Waals surface area contributed by atoms with E-state index in [9.17, 15) is 4.79 Å². The molecule has 0 radical (unpaired) electrons. The number of hydrogen-bond donors (Lipinski definition) is 1. The molecule has 3 saturated heterocycles. The van der Waals surface area contributed by atoms with Crippen molar-refractivity contribution >= 4 is 6.03 Å². The highest BCUT2D eigenvalue weighted by Gasteiger charge is 2.38. The van der Waals surface area contributed by atoms with Gasteiger partial charge in [0.25, 0.3) is 0 Å². The molecule has 4 heteroatoms. The monoisotopic (exact) mass is 237 g/mol. The molecule has 17 heavy (non-hydrogen) atoms. The highest BCUT2D eigenvalue weighted by Crippen LogP contribution is 2.27. The summed E-state index contributed by atoms with van der Waals surface area (Å²) >= 11 is 0. The van der Waals surface area contributed by atoms with Crippen molar-refractivity contribution in [2.45, 2.75) is 38.1 Å². The Labute approximate surface area is 103 Å². The van der Waals surface area contributed by atoms with Gasteiger partial charge >= 0.3 is 6.03 Å². The van der Waals surface area contributed by atoms with Gasteiger partial charge in [-0.1, -0.05) is 0 Å². The van der Waals surface area contributed by atoms with Crippen molar-refractivity contribution in [2.24, 2.45) is 5.92 Å². The Morgan fingerprint density at radius 2 is 1.82 bits per heavy atom. The zero-order valence-electron chi connectivity index (χ0n) is 10.5. The first-order valence-electron chi connectivity index (χ1n) is 7.12. The predicted molar refractivity (Wildman–Crippen MR) is 66.9 cm³/mol. The Morgan fingerprint density at radius 1 is 1.00 bits per heavy atom. The zero-order valence-corrected chi connectivity index (χ0v) is 10.5. The SMILES string of the molecule is O=C(N1CCCCC1)N1CCCC2CNCC21. The van der Waals surface area contributed by atoms with Crippen molar-refractivity contribution in [3.8, 4) is 0 Å². The van der Waals surface area contributed by atoms with Gasteiger partial charge in [-0.05, 0) is 38.0 Å². The Kier molecular flexibility index (Phi) is 3.23. The summed E-state index contributed by atoms with van der Waals surface area (Å²) in [6.07, 6.45) is 6.14. The van der Waals surface area contributed by atoms with Crippen LogP contribution in [0.2, 0.25) is 0 Å². The van der Waals surface area contributed by atoms with E-state index in [1.807, 2.05) is 0 Å². The summed E-state index contributed by atoms with van der Waals surface area (Å²) in [4.78, 5) is 16.7. The molecule has 0 aromatic carbocycles. The molecule has 1 N–H and O–H groups in total. The molecule has 3 fully saturated rings. The molecule has 0 aliphatic carbocycles. The van der Waals surface area contributed by atoms with Gasteiger partial charge < -0.3 is 15.1 Å². The quantitative estimate of drug-likeness (QED) is 0.689. The summed E-state index contributed by atoms with van der Waals surface area (Å²) in [5.74, 6) is 0.706. The van der Waals surface area contributed by atoms with E-state index in [2.05, 4.69) is 15.1 Å². The van der Waals surface area contributed by atoms with Gasteiger partial charge in [-0.15, -0.1) is 0 Å². The van der Waals surface area contributed by atoms with Crippen LogP contribution in [0.5, 0.6) is 0 Å². The fourth-order valence-electron chi connectivity index (χ4n) is 3.57. The van der Waals surface area contributed by atoms with Crippen LogP contribution in [0.1, 0.15) is 32.1 Å². The van der Waals surface area contributed by atoms with E-state index in [0.29, 0.717) is 18.0 Å². The number of nitrogens with zero attached hydrogens (tertiary/aromatic N) is 2. The van der Waals surface area contributed by atoms with Gasteiger partial charge in [0.2, 0.25) is 0 Å². The van der Waals surface area contributed by atoms with Crippen molar-refractivity contribution in [2.75, 3.05) is 32.7 Å². The normalized spacial score (nSPS) is 33.6. The first kappa shape index (κ1) is 11.3. The maximum absolute atomic E-state index is 12.5. The van der Waals surface area contributed by atoms with E-state index in [1.54, 1.807) is 0 Å². The number of fused-ring (bicyclic) bond motifs is 1. The smallest absolute Gasteiger partial charge is 0.320 e. The third-order valence-electron chi connectivity index (χ3n) is 4.55. The van der Waals surface area contributed by atoms with E-state index < -0.39 is 0 Å². The number of urea groups is 1. The summed E-state index contributed by atoms with van der Waals surface area (Å²) in [6.45, 7) is 5.02. The Balaban J connectivity index is 1.67. The van der Waals surface area contributed by atoms with E-state index in [0.717, 1.165) is 32.7 Å². The summed E-state index contributed by atoms with van der Waals surface area (Å²) in [5, 5.41) is 3.44. The molecule has 0 spiro atoms. The Hall–Kier alpha value is -0.770. The lowest BCUT2D eigenvalue weighted by molar-refractivity contribution is 0.0989. The van der Waals surface area contributed by atoms with Crippen molar-refractivity contribution in [1.82, 2.24) is 15.1 Å². The molecule has 96 valence electrons. The largest absolute Gasteiger partial charge is 0.325 e. The van der Waals surface area contributed by atoms with Crippen LogP contribution >= 0.6 is 0 Å². The number of likely N-dealkylation sites (tertiary alicyclic amines) is 2. The van der Waals surface area contributed by atoms with Gasteiger partial charge in [0.15, 0.2) is 0 Å². The highest BCUT2D eigenvalue weighted by molar-refractivity contribution is 5.75. The van der Waals surface area contributed by atoms with Crippen LogP contribution < -0.4 is 5.32 Å². The average Bonchev–Trinajstić information content (AvgIpc) is 2.87.